The second kappa shape index (κ2) is 6.39. The Morgan fingerprint density at radius 1 is 1.35 bits per heavy atom. The smallest absolute Gasteiger partial charge is 0.245 e. The van der Waals surface area contributed by atoms with Crippen LogP contribution in [0.2, 0.25) is 0 Å². The van der Waals surface area contributed by atoms with Crippen molar-refractivity contribution in [2.75, 3.05) is 0 Å². The molecule has 0 aliphatic carbocycles. The SMILES string of the molecule is CCCC1C(=O)NC(C)C(=O)N1Cc1cccc(Br)c1. The van der Waals surface area contributed by atoms with Crippen LogP contribution >= 0.6 is 15.9 Å². The first kappa shape index (κ1) is 15.0. The Bertz CT molecular complexity index is 518. The summed E-state index contributed by atoms with van der Waals surface area (Å²) in [7, 11) is 0. The van der Waals surface area contributed by atoms with E-state index >= 15 is 0 Å². The quantitative estimate of drug-likeness (QED) is 0.916. The molecule has 0 radical (unpaired) electrons. The van der Waals surface area contributed by atoms with Crippen molar-refractivity contribution in [1.29, 1.82) is 0 Å². The van der Waals surface area contributed by atoms with Gasteiger partial charge < -0.3 is 10.2 Å². The molecule has 2 unspecified atom stereocenters. The lowest BCUT2D eigenvalue weighted by Gasteiger charge is -2.38. The van der Waals surface area contributed by atoms with Crippen LogP contribution in [0, 0.1) is 0 Å². The lowest BCUT2D eigenvalue weighted by Crippen LogP contribution is -2.61. The van der Waals surface area contributed by atoms with Crippen LogP contribution in [-0.2, 0) is 16.1 Å². The van der Waals surface area contributed by atoms with Gasteiger partial charge in [-0.05, 0) is 31.0 Å². The average molecular weight is 339 g/mol. The van der Waals surface area contributed by atoms with Gasteiger partial charge in [-0.1, -0.05) is 41.4 Å². The van der Waals surface area contributed by atoms with Gasteiger partial charge in [0.1, 0.15) is 12.1 Å². The molecule has 5 heteroatoms. The number of amides is 2. The van der Waals surface area contributed by atoms with Crippen molar-refractivity contribution in [3.8, 4) is 0 Å². The highest BCUT2D eigenvalue weighted by Gasteiger charge is 2.37. The minimum absolute atomic E-state index is 0.0111. The van der Waals surface area contributed by atoms with Crippen molar-refractivity contribution >= 4 is 27.7 Å². The lowest BCUT2D eigenvalue weighted by atomic mass is 10.0. The molecular formula is C15H19BrN2O2. The number of carbonyl (C=O) groups excluding carboxylic acids is 2. The Morgan fingerprint density at radius 3 is 2.75 bits per heavy atom. The molecule has 108 valence electrons. The molecule has 20 heavy (non-hydrogen) atoms. The van der Waals surface area contributed by atoms with Crippen LogP contribution in [0.5, 0.6) is 0 Å². The van der Waals surface area contributed by atoms with Gasteiger partial charge >= 0.3 is 0 Å². The Hall–Kier alpha value is -1.36. The molecule has 2 rings (SSSR count). The summed E-state index contributed by atoms with van der Waals surface area (Å²) < 4.78 is 0.976. The molecule has 0 spiro atoms. The molecule has 0 bridgehead atoms. The van der Waals surface area contributed by atoms with Crippen LogP contribution in [0.25, 0.3) is 0 Å². The Morgan fingerprint density at radius 2 is 2.10 bits per heavy atom. The molecule has 1 aromatic rings. The lowest BCUT2D eigenvalue weighted by molar-refractivity contribution is -0.149. The van der Waals surface area contributed by atoms with Crippen LogP contribution in [0.15, 0.2) is 28.7 Å². The highest BCUT2D eigenvalue weighted by Crippen LogP contribution is 2.20. The summed E-state index contributed by atoms with van der Waals surface area (Å²) in [6.07, 6.45) is 1.56. The largest absolute Gasteiger partial charge is 0.343 e. The topological polar surface area (TPSA) is 49.4 Å². The number of nitrogens with one attached hydrogen (secondary N) is 1. The number of benzene rings is 1. The molecule has 1 saturated heterocycles. The minimum Gasteiger partial charge on any atom is -0.343 e. The predicted octanol–water partition coefficient (Wildman–Crippen LogP) is 2.46. The standard InChI is InChI=1S/C15H19BrN2O2/c1-3-5-13-14(19)17-10(2)15(20)18(13)9-11-6-4-7-12(16)8-11/h4,6-8,10,13H,3,5,9H2,1-2H3,(H,17,19). The third kappa shape index (κ3) is 3.20. The first-order valence-corrected chi connectivity index (χ1v) is 7.67. The maximum atomic E-state index is 12.3. The van der Waals surface area contributed by atoms with E-state index in [4.69, 9.17) is 0 Å². The zero-order valence-electron chi connectivity index (χ0n) is 11.7. The number of rotatable bonds is 4. The number of carbonyl (C=O) groups is 2. The van der Waals surface area contributed by atoms with E-state index in [-0.39, 0.29) is 17.9 Å². The van der Waals surface area contributed by atoms with Crippen molar-refractivity contribution in [3.05, 3.63) is 34.3 Å². The van der Waals surface area contributed by atoms with E-state index in [0.717, 1.165) is 16.5 Å². The van der Waals surface area contributed by atoms with Crippen LogP contribution in [0.3, 0.4) is 0 Å². The highest BCUT2D eigenvalue weighted by atomic mass is 79.9. The molecule has 1 aromatic carbocycles. The molecule has 0 aromatic heterocycles. The van der Waals surface area contributed by atoms with E-state index in [1.807, 2.05) is 31.2 Å². The van der Waals surface area contributed by atoms with Gasteiger partial charge in [-0.15, -0.1) is 0 Å². The molecule has 1 aliphatic rings. The van der Waals surface area contributed by atoms with Gasteiger partial charge in [-0.2, -0.15) is 0 Å². The molecular weight excluding hydrogens is 320 g/mol. The summed E-state index contributed by atoms with van der Waals surface area (Å²) in [4.78, 5) is 26.1. The van der Waals surface area contributed by atoms with Crippen LogP contribution < -0.4 is 5.32 Å². The monoisotopic (exact) mass is 338 g/mol. The van der Waals surface area contributed by atoms with E-state index in [2.05, 4.69) is 21.2 Å². The first-order valence-electron chi connectivity index (χ1n) is 6.88. The molecule has 2 amide bonds. The fourth-order valence-electron chi connectivity index (χ4n) is 2.50. The normalized spacial score (nSPS) is 22.9. The number of nitrogens with zero attached hydrogens (tertiary/aromatic N) is 1. The van der Waals surface area contributed by atoms with Crippen molar-refractivity contribution in [2.24, 2.45) is 0 Å². The maximum absolute atomic E-state index is 12.3. The zero-order valence-corrected chi connectivity index (χ0v) is 13.3. The van der Waals surface area contributed by atoms with Gasteiger partial charge in [0, 0.05) is 11.0 Å². The van der Waals surface area contributed by atoms with Gasteiger partial charge in [-0.25, -0.2) is 0 Å². The van der Waals surface area contributed by atoms with Crippen LogP contribution in [0.4, 0.5) is 0 Å². The highest BCUT2D eigenvalue weighted by molar-refractivity contribution is 9.10. The molecule has 4 nitrogen and oxygen atoms in total. The van der Waals surface area contributed by atoms with Gasteiger partial charge in [0.05, 0.1) is 0 Å². The number of piperazine rings is 1. The number of hydrogen-bond acceptors (Lipinski definition) is 2. The minimum atomic E-state index is -0.442. The van der Waals surface area contributed by atoms with Gasteiger partial charge in [0.25, 0.3) is 0 Å². The van der Waals surface area contributed by atoms with Crippen LogP contribution in [0.1, 0.15) is 32.3 Å². The predicted molar refractivity (Wildman–Crippen MR) is 81.0 cm³/mol. The summed E-state index contributed by atoms with van der Waals surface area (Å²) in [5, 5.41) is 2.75. The fraction of sp³-hybridized carbons (Fsp3) is 0.467. The Balaban J connectivity index is 2.23. The second-order valence-corrected chi connectivity index (χ2v) is 6.05. The summed E-state index contributed by atoms with van der Waals surface area (Å²) in [6, 6.07) is 7.03. The summed E-state index contributed by atoms with van der Waals surface area (Å²) in [6.45, 7) is 4.23. The van der Waals surface area contributed by atoms with E-state index in [1.54, 1.807) is 11.8 Å². The maximum Gasteiger partial charge on any atom is 0.245 e. The van der Waals surface area contributed by atoms with Crippen LogP contribution in [-0.4, -0.2) is 28.8 Å². The molecule has 2 atom stereocenters. The number of hydrogen-bond donors (Lipinski definition) is 1. The van der Waals surface area contributed by atoms with E-state index in [0.29, 0.717) is 13.0 Å². The summed E-state index contributed by atoms with van der Waals surface area (Å²) in [5.41, 5.74) is 1.02. The fourth-order valence-corrected chi connectivity index (χ4v) is 2.94. The van der Waals surface area contributed by atoms with Gasteiger partial charge in [-0.3, -0.25) is 9.59 Å². The number of halogens is 1. The van der Waals surface area contributed by atoms with Crippen molar-refractivity contribution in [2.45, 2.75) is 45.3 Å². The summed E-state index contributed by atoms with van der Waals surface area (Å²) in [5.74, 6) is -0.0584. The zero-order chi connectivity index (χ0) is 14.7. The van der Waals surface area contributed by atoms with E-state index in [9.17, 15) is 9.59 Å². The first-order chi connectivity index (χ1) is 9.52. The van der Waals surface area contributed by atoms with Crippen molar-refractivity contribution < 1.29 is 9.59 Å². The van der Waals surface area contributed by atoms with Gasteiger partial charge in [0.2, 0.25) is 11.8 Å². The summed E-state index contributed by atoms with van der Waals surface area (Å²) >= 11 is 3.43. The third-order valence-electron chi connectivity index (χ3n) is 3.50. The Labute approximate surface area is 127 Å². The molecule has 1 heterocycles. The third-order valence-corrected chi connectivity index (χ3v) is 3.99. The Kier molecular flexibility index (Phi) is 4.81. The van der Waals surface area contributed by atoms with E-state index in [1.165, 1.54) is 0 Å². The molecule has 1 aliphatic heterocycles. The van der Waals surface area contributed by atoms with Crippen molar-refractivity contribution in [3.63, 3.8) is 0 Å². The second-order valence-electron chi connectivity index (χ2n) is 5.13. The molecule has 0 saturated carbocycles. The molecule has 1 N–H and O–H groups in total. The molecule has 1 fully saturated rings. The van der Waals surface area contributed by atoms with Crippen molar-refractivity contribution in [1.82, 2.24) is 10.2 Å². The van der Waals surface area contributed by atoms with E-state index < -0.39 is 6.04 Å². The van der Waals surface area contributed by atoms with Gasteiger partial charge in [0.15, 0.2) is 0 Å². The average Bonchev–Trinajstić information content (AvgIpc) is 2.40.